The van der Waals surface area contributed by atoms with Gasteiger partial charge >= 0.3 is 0 Å². The molecule has 0 aromatic rings. The molecule has 0 aliphatic rings. The third-order valence-corrected chi connectivity index (χ3v) is 1.42. The molecule has 3 heteroatoms. The highest BCUT2D eigenvalue weighted by Crippen LogP contribution is 2.04. The molecule has 0 unspecified atom stereocenters. The summed E-state index contributed by atoms with van der Waals surface area (Å²) in [5.41, 5.74) is 5.53. The van der Waals surface area contributed by atoms with Crippen molar-refractivity contribution in [1.29, 1.82) is 0 Å². The quantitative estimate of drug-likeness (QED) is 0.492. The fourth-order valence-corrected chi connectivity index (χ4v) is 0.537. The van der Waals surface area contributed by atoms with Crippen LogP contribution in [0.4, 0.5) is 0 Å². The van der Waals surface area contributed by atoms with Crippen LogP contribution < -0.4 is 5.73 Å². The number of hydrogen-bond donors (Lipinski definition) is 1. The van der Waals surface area contributed by atoms with Gasteiger partial charge in [0.25, 0.3) is 0 Å². The smallest absolute Gasteiger partial charge is 0.247 e. The molecule has 0 bridgehead atoms. The summed E-state index contributed by atoms with van der Waals surface area (Å²) in [5.74, 6) is 0.206. The number of ether oxygens (including phenoxy) is 1. The monoisotopic (exact) mass is 157 g/mol. The number of amides is 1. The molecule has 11 heavy (non-hydrogen) atoms. The summed E-state index contributed by atoms with van der Waals surface area (Å²) in [4.78, 5) is 10.6. The van der Waals surface area contributed by atoms with E-state index in [1.165, 1.54) is 0 Å². The predicted octanol–water partition coefficient (Wildman–Crippen LogP) is 1.19. The van der Waals surface area contributed by atoms with Crippen LogP contribution in [0, 0.1) is 0 Å². The molecule has 0 saturated carbocycles. The van der Waals surface area contributed by atoms with Crippen molar-refractivity contribution in [1.82, 2.24) is 0 Å². The maximum absolute atomic E-state index is 10.6. The topological polar surface area (TPSA) is 52.3 Å². The van der Waals surface area contributed by atoms with Gasteiger partial charge in [-0.25, -0.2) is 0 Å². The van der Waals surface area contributed by atoms with Crippen LogP contribution in [0.2, 0.25) is 0 Å². The number of rotatable bonds is 4. The van der Waals surface area contributed by atoms with Gasteiger partial charge in [0.2, 0.25) is 5.91 Å². The molecule has 0 heterocycles. The van der Waals surface area contributed by atoms with Crippen molar-refractivity contribution in [2.24, 2.45) is 5.73 Å². The van der Waals surface area contributed by atoms with Crippen LogP contribution in [0.25, 0.3) is 0 Å². The van der Waals surface area contributed by atoms with E-state index in [0.717, 1.165) is 6.42 Å². The van der Waals surface area contributed by atoms with Gasteiger partial charge in [-0.2, -0.15) is 0 Å². The Labute approximate surface area is 67.2 Å². The fourth-order valence-electron chi connectivity index (χ4n) is 0.537. The molecule has 1 amide bonds. The molecule has 0 atom stereocenters. The summed E-state index contributed by atoms with van der Waals surface area (Å²) < 4.78 is 5.19. The lowest BCUT2D eigenvalue weighted by Crippen LogP contribution is -2.14. The van der Waals surface area contributed by atoms with Crippen LogP contribution >= 0.6 is 0 Å². The van der Waals surface area contributed by atoms with Crippen molar-refractivity contribution >= 4 is 5.91 Å². The molecule has 0 spiro atoms. The zero-order valence-electron chi connectivity index (χ0n) is 7.31. The molecular formula is C8H15NO2. The highest BCUT2D eigenvalue weighted by molar-refractivity contribution is 5.91. The molecule has 0 rings (SSSR count). The lowest BCUT2D eigenvalue weighted by atomic mass is 10.2. The Balaban J connectivity index is 4.05. The summed E-state index contributed by atoms with van der Waals surface area (Å²) in [6.45, 7) is 6.05. The molecule has 0 saturated heterocycles. The highest BCUT2D eigenvalue weighted by atomic mass is 16.5. The molecule has 0 aliphatic heterocycles. The molecule has 0 aliphatic carbocycles. The molecule has 0 radical (unpaired) electrons. The van der Waals surface area contributed by atoms with E-state index in [1.54, 1.807) is 13.8 Å². The molecule has 3 nitrogen and oxygen atoms in total. The van der Waals surface area contributed by atoms with E-state index in [-0.39, 0.29) is 0 Å². The predicted molar refractivity (Wildman–Crippen MR) is 43.8 cm³/mol. The van der Waals surface area contributed by atoms with Crippen LogP contribution in [0.3, 0.4) is 0 Å². The molecule has 64 valence electrons. The van der Waals surface area contributed by atoms with Gasteiger partial charge in [-0.3, -0.25) is 4.79 Å². The number of primary amides is 1. The summed E-state index contributed by atoms with van der Waals surface area (Å²) in [7, 11) is 0. The normalized spacial score (nSPS) is 12.3. The average Bonchev–Trinajstić information content (AvgIpc) is 1.98. The summed E-state index contributed by atoms with van der Waals surface area (Å²) in [6.07, 6.45) is 0.934. The Kier molecular flexibility index (Phi) is 4.34. The zero-order valence-corrected chi connectivity index (χ0v) is 7.31. The number of hydrogen-bond acceptors (Lipinski definition) is 2. The summed E-state index contributed by atoms with van der Waals surface area (Å²) >= 11 is 0. The summed E-state index contributed by atoms with van der Waals surface area (Å²) in [5, 5.41) is 0. The Bertz CT molecular complexity index is 173. The van der Waals surface area contributed by atoms with Gasteiger partial charge in [-0.05, 0) is 20.3 Å². The van der Waals surface area contributed by atoms with Gasteiger partial charge in [-0.15, -0.1) is 0 Å². The van der Waals surface area contributed by atoms with Crippen molar-refractivity contribution in [2.75, 3.05) is 6.61 Å². The third-order valence-electron chi connectivity index (χ3n) is 1.42. The maximum atomic E-state index is 10.6. The van der Waals surface area contributed by atoms with Crippen LogP contribution in [-0.4, -0.2) is 12.5 Å². The molecule has 2 N–H and O–H groups in total. The minimum absolute atomic E-state index is 0.418. The Hall–Kier alpha value is -0.990. The van der Waals surface area contributed by atoms with E-state index in [0.29, 0.717) is 17.9 Å². The molecule has 0 aromatic carbocycles. The average molecular weight is 157 g/mol. The van der Waals surface area contributed by atoms with E-state index in [2.05, 4.69) is 0 Å². The number of carbonyl (C=O) groups excluding carboxylic acids is 1. The van der Waals surface area contributed by atoms with Crippen molar-refractivity contribution in [3.8, 4) is 0 Å². The second-order valence-electron chi connectivity index (χ2n) is 2.39. The zero-order chi connectivity index (χ0) is 8.85. The molecular weight excluding hydrogens is 142 g/mol. The van der Waals surface area contributed by atoms with Crippen molar-refractivity contribution in [3.63, 3.8) is 0 Å². The lowest BCUT2D eigenvalue weighted by molar-refractivity contribution is -0.114. The van der Waals surface area contributed by atoms with E-state index in [9.17, 15) is 4.79 Å². The second-order valence-corrected chi connectivity index (χ2v) is 2.39. The van der Waals surface area contributed by atoms with Crippen LogP contribution in [-0.2, 0) is 9.53 Å². The first-order valence-electron chi connectivity index (χ1n) is 3.69. The Morgan fingerprint density at radius 1 is 1.45 bits per heavy atom. The minimum Gasteiger partial charge on any atom is -0.498 e. The maximum Gasteiger partial charge on any atom is 0.247 e. The van der Waals surface area contributed by atoms with E-state index in [4.69, 9.17) is 10.5 Å². The van der Waals surface area contributed by atoms with E-state index >= 15 is 0 Å². The molecule has 0 fully saturated rings. The number of nitrogens with two attached hydrogens (primary N) is 1. The Morgan fingerprint density at radius 3 is 2.36 bits per heavy atom. The van der Waals surface area contributed by atoms with Gasteiger partial charge in [0, 0.05) is 0 Å². The largest absolute Gasteiger partial charge is 0.498 e. The first-order chi connectivity index (χ1) is 5.09. The first-order valence-corrected chi connectivity index (χ1v) is 3.69. The summed E-state index contributed by atoms with van der Waals surface area (Å²) in [6, 6.07) is 0. The van der Waals surface area contributed by atoms with E-state index < -0.39 is 5.91 Å². The van der Waals surface area contributed by atoms with Crippen LogP contribution in [0.15, 0.2) is 11.3 Å². The van der Waals surface area contributed by atoms with Gasteiger partial charge in [0.05, 0.1) is 12.2 Å². The third kappa shape index (κ3) is 3.65. The van der Waals surface area contributed by atoms with Crippen LogP contribution in [0.1, 0.15) is 27.2 Å². The molecule has 0 aromatic heterocycles. The van der Waals surface area contributed by atoms with Gasteiger partial charge < -0.3 is 10.5 Å². The van der Waals surface area contributed by atoms with Gasteiger partial charge in [0.1, 0.15) is 5.76 Å². The first kappa shape index (κ1) is 10.0. The van der Waals surface area contributed by atoms with E-state index in [1.807, 2.05) is 6.92 Å². The SMILES string of the molecule is CCCOC(C)=C(C)C(N)=O. The van der Waals surface area contributed by atoms with Crippen molar-refractivity contribution in [2.45, 2.75) is 27.2 Å². The standard InChI is InChI=1S/C8H15NO2/c1-4-5-11-7(3)6(2)8(9)10/h4-5H2,1-3H3,(H2,9,10). The van der Waals surface area contributed by atoms with Crippen molar-refractivity contribution in [3.05, 3.63) is 11.3 Å². The second kappa shape index (κ2) is 4.77. The van der Waals surface area contributed by atoms with Gasteiger partial charge in [-0.1, -0.05) is 6.92 Å². The van der Waals surface area contributed by atoms with Crippen molar-refractivity contribution < 1.29 is 9.53 Å². The lowest BCUT2D eigenvalue weighted by Gasteiger charge is -2.06. The highest BCUT2D eigenvalue weighted by Gasteiger charge is 2.02. The number of carbonyl (C=O) groups is 1. The number of allylic oxidation sites excluding steroid dienone is 1. The minimum atomic E-state index is -0.418. The Morgan fingerprint density at radius 2 is 2.00 bits per heavy atom. The van der Waals surface area contributed by atoms with Gasteiger partial charge in [0.15, 0.2) is 0 Å². The van der Waals surface area contributed by atoms with Crippen LogP contribution in [0.5, 0.6) is 0 Å². The fraction of sp³-hybridized carbons (Fsp3) is 0.625.